The fourth-order valence-corrected chi connectivity index (χ4v) is 2.98. The molecule has 0 saturated carbocycles. The van der Waals surface area contributed by atoms with Gasteiger partial charge in [-0.15, -0.1) is 12.4 Å². The number of hydrogen-bond acceptors (Lipinski definition) is 2. The lowest BCUT2D eigenvalue weighted by Crippen LogP contribution is -2.36. The second kappa shape index (κ2) is 8.71. The van der Waals surface area contributed by atoms with Crippen molar-refractivity contribution in [3.05, 3.63) is 54.6 Å². The molecule has 4 nitrogen and oxygen atoms in total. The number of carbonyl (C=O) groups excluding carboxylic acids is 1. The molecule has 1 aliphatic heterocycles. The number of anilines is 1. The molecule has 2 aromatic rings. The molecule has 1 atom stereocenters. The van der Waals surface area contributed by atoms with Gasteiger partial charge in [0.25, 0.3) is 0 Å². The number of nitrogens with one attached hydrogen (secondary N) is 1. The molecule has 1 heterocycles. The van der Waals surface area contributed by atoms with E-state index in [0.717, 1.165) is 49.2 Å². The number of hydrogen-bond donors (Lipinski definition) is 2. The Morgan fingerprint density at radius 3 is 2.50 bits per heavy atom. The van der Waals surface area contributed by atoms with Crippen molar-refractivity contribution in [3.8, 4) is 11.1 Å². The van der Waals surface area contributed by atoms with E-state index in [4.69, 9.17) is 5.73 Å². The molecule has 1 unspecified atom stereocenters. The number of urea groups is 1. The highest BCUT2D eigenvalue weighted by atomic mass is 35.5. The van der Waals surface area contributed by atoms with E-state index in [1.807, 2.05) is 47.4 Å². The van der Waals surface area contributed by atoms with Crippen LogP contribution in [0.5, 0.6) is 0 Å². The van der Waals surface area contributed by atoms with Gasteiger partial charge in [-0.1, -0.05) is 48.5 Å². The van der Waals surface area contributed by atoms with Crippen LogP contribution >= 0.6 is 12.4 Å². The molecule has 2 aromatic carbocycles. The summed E-state index contributed by atoms with van der Waals surface area (Å²) in [5.74, 6) is 0. The Kier molecular flexibility index (Phi) is 6.64. The maximum Gasteiger partial charge on any atom is 0.321 e. The zero-order chi connectivity index (χ0) is 16.1. The Morgan fingerprint density at radius 2 is 1.71 bits per heavy atom. The van der Waals surface area contributed by atoms with Gasteiger partial charge in [-0.25, -0.2) is 4.79 Å². The zero-order valence-corrected chi connectivity index (χ0v) is 14.5. The van der Waals surface area contributed by atoms with Crippen molar-refractivity contribution in [3.63, 3.8) is 0 Å². The van der Waals surface area contributed by atoms with Gasteiger partial charge in [0.15, 0.2) is 0 Å². The number of amides is 2. The van der Waals surface area contributed by atoms with Crippen LogP contribution in [0.1, 0.15) is 19.3 Å². The first-order chi connectivity index (χ1) is 11.2. The van der Waals surface area contributed by atoms with Gasteiger partial charge in [0.2, 0.25) is 0 Å². The Bertz CT molecular complexity index is 663. The van der Waals surface area contributed by atoms with Gasteiger partial charge in [-0.3, -0.25) is 0 Å². The largest absolute Gasteiger partial charge is 0.328 e. The van der Waals surface area contributed by atoms with E-state index >= 15 is 0 Å². The van der Waals surface area contributed by atoms with Gasteiger partial charge in [0.05, 0.1) is 5.69 Å². The molecule has 0 radical (unpaired) electrons. The average molecular weight is 346 g/mol. The summed E-state index contributed by atoms with van der Waals surface area (Å²) in [7, 11) is 0. The summed E-state index contributed by atoms with van der Waals surface area (Å²) < 4.78 is 0. The average Bonchev–Trinajstić information content (AvgIpc) is 2.81. The molecule has 3 N–H and O–H groups in total. The number of halogens is 1. The summed E-state index contributed by atoms with van der Waals surface area (Å²) in [4.78, 5) is 14.5. The van der Waals surface area contributed by atoms with E-state index in [2.05, 4.69) is 17.4 Å². The van der Waals surface area contributed by atoms with E-state index in [1.54, 1.807) is 0 Å². The maximum atomic E-state index is 12.6. The molecule has 24 heavy (non-hydrogen) atoms. The highest BCUT2D eigenvalue weighted by Crippen LogP contribution is 2.27. The molecule has 5 heteroatoms. The van der Waals surface area contributed by atoms with Crippen LogP contribution in [0.15, 0.2) is 54.6 Å². The van der Waals surface area contributed by atoms with E-state index in [-0.39, 0.29) is 24.5 Å². The number of benzene rings is 2. The lowest BCUT2D eigenvalue weighted by molar-refractivity contribution is 0.213. The molecule has 2 amide bonds. The van der Waals surface area contributed by atoms with E-state index in [9.17, 15) is 4.79 Å². The van der Waals surface area contributed by atoms with Crippen LogP contribution in [0.25, 0.3) is 11.1 Å². The van der Waals surface area contributed by atoms with Crippen molar-refractivity contribution in [1.29, 1.82) is 0 Å². The minimum atomic E-state index is -0.0394. The quantitative estimate of drug-likeness (QED) is 0.860. The topological polar surface area (TPSA) is 58.4 Å². The summed E-state index contributed by atoms with van der Waals surface area (Å²) in [6, 6.07) is 18.2. The molecular weight excluding hydrogens is 322 g/mol. The van der Waals surface area contributed by atoms with E-state index in [0.29, 0.717) is 0 Å². The van der Waals surface area contributed by atoms with Crippen LogP contribution in [0, 0.1) is 0 Å². The van der Waals surface area contributed by atoms with E-state index in [1.165, 1.54) is 0 Å². The van der Waals surface area contributed by atoms with Crippen LogP contribution in [0.4, 0.5) is 10.5 Å². The van der Waals surface area contributed by atoms with Gasteiger partial charge >= 0.3 is 6.03 Å². The normalized spacial score (nSPS) is 17.5. The lowest BCUT2D eigenvalue weighted by Gasteiger charge is -2.22. The molecular formula is C19H24ClN3O. The van der Waals surface area contributed by atoms with Crippen molar-refractivity contribution in [1.82, 2.24) is 4.90 Å². The number of rotatable bonds is 2. The second-order valence-electron chi connectivity index (χ2n) is 6.02. The molecule has 0 bridgehead atoms. The van der Waals surface area contributed by atoms with Crippen molar-refractivity contribution in [2.45, 2.75) is 25.3 Å². The van der Waals surface area contributed by atoms with Crippen LogP contribution in [0.2, 0.25) is 0 Å². The van der Waals surface area contributed by atoms with Crippen molar-refractivity contribution in [2.75, 3.05) is 18.4 Å². The fourth-order valence-electron chi connectivity index (χ4n) is 2.98. The molecule has 3 rings (SSSR count). The van der Waals surface area contributed by atoms with E-state index < -0.39 is 0 Å². The Balaban J connectivity index is 0.00000208. The number of likely N-dealkylation sites (tertiary alicyclic amines) is 1. The Hall–Kier alpha value is -2.04. The number of nitrogens with two attached hydrogens (primary N) is 1. The lowest BCUT2D eigenvalue weighted by atomic mass is 10.0. The summed E-state index contributed by atoms with van der Waals surface area (Å²) in [5.41, 5.74) is 8.97. The van der Waals surface area contributed by atoms with Crippen molar-refractivity contribution in [2.24, 2.45) is 5.73 Å². The minimum absolute atomic E-state index is 0. The summed E-state index contributed by atoms with van der Waals surface area (Å²) >= 11 is 0. The van der Waals surface area contributed by atoms with Crippen LogP contribution in [-0.2, 0) is 0 Å². The number of nitrogens with zero attached hydrogens (tertiary/aromatic N) is 1. The van der Waals surface area contributed by atoms with Crippen molar-refractivity contribution < 1.29 is 4.79 Å². The first kappa shape index (κ1) is 18.3. The van der Waals surface area contributed by atoms with Crippen LogP contribution < -0.4 is 11.1 Å². The maximum absolute atomic E-state index is 12.6. The van der Waals surface area contributed by atoms with Gasteiger partial charge < -0.3 is 16.0 Å². The SMILES string of the molecule is Cl.NC1CCCN(C(=O)Nc2ccccc2-c2ccccc2)CC1. The van der Waals surface area contributed by atoms with Crippen LogP contribution in [0.3, 0.4) is 0 Å². The van der Waals surface area contributed by atoms with Gasteiger partial charge in [-0.2, -0.15) is 0 Å². The molecule has 0 aliphatic carbocycles. The molecule has 1 fully saturated rings. The third-order valence-corrected chi connectivity index (χ3v) is 4.31. The highest BCUT2D eigenvalue weighted by molar-refractivity contribution is 5.94. The summed E-state index contributed by atoms with van der Waals surface area (Å²) in [6.07, 6.45) is 2.83. The highest BCUT2D eigenvalue weighted by Gasteiger charge is 2.19. The Morgan fingerprint density at radius 1 is 1.00 bits per heavy atom. The predicted octanol–water partition coefficient (Wildman–Crippen LogP) is 4.12. The number of carbonyl (C=O) groups is 1. The monoisotopic (exact) mass is 345 g/mol. The third kappa shape index (κ3) is 4.49. The van der Waals surface area contributed by atoms with Crippen molar-refractivity contribution >= 4 is 24.1 Å². The standard InChI is InChI=1S/C19H23N3O.ClH/c20-16-9-6-13-22(14-12-16)19(23)21-18-11-5-4-10-17(18)15-7-2-1-3-8-15;/h1-5,7-8,10-11,16H,6,9,12-14,20H2,(H,21,23);1H. The minimum Gasteiger partial charge on any atom is -0.328 e. The summed E-state index contributed by atoms with van der Waals surface area (Å²) in [6.45, 7) is 1.49. The first-order valence-corrected chi connectivity index (χ1v) is 8.20. The van der Waals surface area contributed by atoms with Gasteiger partial charge in [0, 0.05) is 24.7 Å². The summed E-state index contributed by atoms with van der Waals surface area (Å²) in [5, 5.41) is 3.07. The molecule has 128 valence electrons. The van der Waals surface area contributed by atoms with Crippen LogP contribution in [-0.4, -0.2) is 30.1 Å². The first-order valence-electron chi connectivity index (χ1n) is 8.20. The van der Waals surface area contributed by atoms with Gasteiger partial charge in [0.1, 0.15) is 0 Å². The zero-order valence-electron chi connectivity index (χ0n) is 13.7. The predicted molar refractivity (Wildman–Crippen MR) is 102 cm³/mol. The molecule has 1 saturated heterocycles. The second-order valence-corrected chi connectivity index (χ2v) is 6.02. The van der Waals surface area contributed by atoms with Gasteiger partial charge in [-0.05, 0) is 30.9 Å². The molecule has 1 aliphatic rings. The molecule has 0 aromatic heterocycles. The smallest absolute Gasteiger partial charge is 0.321 e. The Labute approximate surface area is 149 Å². The molecule has 0 spiro atoms. The third-order valence-electron chi connectivity index (χ3n) is 4.31. The number of para-hydroxylation sites is 1. The fraction of sp³-hybridized carbons (Fsp3) is 0.316.